The summed E-state index contributed by atoms with van der Waals surface area (Å²) >= 11 is 0. The van der Waals surface area contributed by atoms with Crippen molar-refractivity contribution in [2.45, 2.75) is 37.1 Å². The number of nitro groups is 1. The van der Waals surface area contributed by atoms with Crippen LogP contribution in [0.1, 0.15) is 26.2 Å². The molecular weight excluding hydrogens is 296 g/mol. The Hall–Kier alpha value is -1.71. The minimum Gasteiger partial charge on any atom is -0.323 e. The van der Waals surface area contributed by atoms with Crippen molar-refractivity contribution < 1.29 is 13.3 Å². The van der Waals surface area contributed by atoms with Crippen LogP contribution >= 0.6 is 0 Å². The Labute approximate surface area is 123 Å². The topological polar surface area (TPSA) is 119 Å². The third-order valence-electron chi connectivity index (χ3n) is 3.66. The lowest BCUT2D eigenvalue weighted by atomic mass is 10.1. The van der Waals surface area contributed by atoms with Crippen molar-refractivity contribution in [2.75, 3.05) is 12.0 Å². The van der Waals surface area contributed by atoms with Crippen LogP contribution in [0.15, 0.2) is 23.1 Å². The lowest BCUT2D eigenvalue weighted by Crippen LogP contribution is -2.42. The predicted octanol–water partition coefficient (Wildman–Crippen LogP) is 1.44. The molecule has 116 valence electrons. The van der Waals surface area contributed by atoms with Gasteiger partial charge in [0, 0.05) is 24.7 Å². The number of nitrogens with one attached hydrogen (secondary N) is 1. The van der Waals surface area contributed by atoms with E-state index < -0.39 is 14.9 Å². The Morgan fingerprint density at radius 2 is 2.14 bits per heavy atom. The molecule has 1 heterocycles. The minimum atomic E-state index is -3.73. The fourth-order valence-electron chi connectivity index (χ4n) is 2.52. The zero-order valence-electron chi connectivity index (χ0n) is 11.7. The number of anilines is 1. The number of piperidine rings is 1. The van der Waals surface area contributed by atoms with Gasteiger partial charge in [0.2, 0.25) is 10.0 Å². The number of nitrogens with two attached hydrogens (primary N) is 1. The van der Waals surface area contributed by atoms with Gasteiger partial charge in [-0.1, -0.05) is 6.42 Å². The fraction of sp³-hybridized carbons (Fsp3) is 0.500. The first-order valence-electron chi connectivity index (χ1n) is 6.65. The summed E-state index contributed by atoms with van der Waals surface area (Å²) in [7, 11) is -3.73. The maximum Gasteiger partial charge on any atom is 0.271 e. The zero-order chi connectivity index (χ0) is 15.6. The van der Waals surface area contributed by atoms with E-state index >= 15 is 0 Å². The molecule has 21 heavy (non-hydrogen) atoms. The molecule has 1 aromatic rings. The molecule has 0 bridgehead atoms. The maximum absolute atomic E-state index is 12.7. The Morgan fingerprint density at radius 3 is 2.71 bits per heavy atom. The first-order chi connectivity index (χ1) is 9.87. The summed E-state index contributed by atoms with van der Waals surface area (Å²) in [5.41, 5.74) is 2.06. The van der Waals surface area contributed by atoms with Crippen LogP contribution in [0.25, 0.3) is 0 Å². The number of hydrogen-bond donors (Lipinski definition) is 2. The molecule has 0 aromatic heterocycles. The van der Waals surface area contributed by atoms with E-state index in [1.54, 1.807) is 0 Å². The Kier molecular flexibility index (Phi) is 4.45. The van der Waals surface area contributed by atoms with Gasteiger partial charge in [-0.2, -0.15) is 4.31 Å². The van der Waals surface area contributed by atoms with Crippen molar-refractivity contribution in [3.05, 3.63) is 28.3 Å². The van der Waals surface area contributed by atoms with Gasteiger partial charge >= 0.3 is 0 Å². The molecule has 1 fully saturated rings. The molecule has 0 aliphatic carbocycles. The van der Waals surface area contributed by atoms with Gasteiger partial charge in [-0.15, -0.1) is 0 Å². The van der Waals surface area contributed by atoms with Crippen molar-refractivity contribution in [3.8, 4) is 0 Å². The first kappa shape index (κ1) is 15.7. The molecule has 2 rings (SSSR count). The van der Waals surface area contributed by atoms with Crippen LogP contribution in [0, 0.1) is 10.1 Å². The highest BCUT2D eigenvalue weighted by Gasteiger charge is 2.33. The largest absolute Gasteiger partial charge is 0.323 e. The van der Waals surface area contributed by atoms with Gasteiger partial charge in [0.15, 0.2) is 0 Å². The Bertz CT molecular complexity index is 647. The van der Waals surface area contributed by atoms with Crippen LogP contribution in [0.5, 0.6) is 0 Å². The second-order valence-corrected chi connectivity index (χ2v) is 6.90. The molecule has 1 aliphatic rings. The number of hydrogen-bond acceptors (Lipinski definition) is 6. The second-order valence-electron chi connectivity index (χ2n) is 5.04. The fourth-order valence-corrected chi connectivity index (χ4v) is 4.36. The number of sulfonamides is 1. The lowest BCUT2D eigenvalue weighted by Gasteiger charge is -2.32. The smallest absolute Gasteiger partial charge is 0.271 e. The molecule has 8 nitrogen and oxygen atoms in total. The molecule has 1 saturated heterocycles. The third kappa shape index (κ3) is 2.99. The van der Waals surface area contributed by atoms with Gasteiger partial charge in [0.05, 0.1) is 10.6 Å². The van der Waals surface area contributed by atoms with Gasteiger partial charge in [-0.3, -0.25) is 16.0 Å². The molecule has 3 N–H and O–H groups in total. The summed E-state index contributed by atoms with van der Waals surface area (Å²) in [5, 5.41) is 10.8. The second kappa shape index (κ2) is 5.96. The number of nitro benzene ring substituents is 1. The normalized spacial score (nSPS) is 20.2. The van der Waals surface area contributed by atoms with E-state index in [0.29, 0.717) is 6.54 Å². The summed E-state index contributed by atoms with van der Waals surface area (Å²) in [5.74, 6) is 5.32. The zero-order valence-corrected chi connectivity index (χ0v) is 12.5. The van der Waals surface area contributed by atoms with Crippen molar-refractivity contribution in [1.29, 1.82) is 0 Å². The quantitative estimate of drug-likeness (QED) is 0.493. The third-order valence-corrected chi connectivity index (χ3v) is 5.73. The van der Waals surface area contributed by atoms with Crippen LogP contribution in [-0.2, 0) is 10.0 Å². The molecule has 0 saturated carbocycles. The van der Waals surface area contributed by atoms with Crippen LogP contribution in [0.3, 0.4) is 0 Å². The van der Waals surface area contributed by atoms with Crippen LogP contribution < -0.4 is 11.3 Å². The van der Waals surface area contributed by atoms with Crippen molar-refractivity contribution in [1.82, 2.24) is 4.31 Å². The van der Waals surface area contributed by atoms with Crippen LogP contribution in [-0.4, -0.2) is 30.2 Å². The lowest BCUT2D eigenvalue weighted by molar-refractivity contribution is -0.384. The average molecular weight is 314 g/mol. The minimum absolute atomic E-state index is 0.0296. The molecule has 1 atom stereocenters. The van der Waals surface area contributed by atoms with Crippen molar-refractivity contribution in [2.24, 2.45) is 5.84 Å². The van der Waals surface area contributed by atoms with Crippen LogP contribution in [0.4, 0.5) is 11.4 Å². The molecule has 9 heteroatoms. The van der Waals surface area contributed by atoms with E-state index in [1.807, 2.05) is 6.92 Å². The maximum atomic E-state index is 12.7. The average Bonchev–Trinajstić information content (AvgIpc) is 2.46. The highest BCUT2D eigenvalue weighted by molar-refractivity contribution is 7.89. The Balaban J connectivity index is 2.46. The summed E-state index contributed by atoms with van der Waals surface area (Å²) < 4.78 is 26.9. The number of rotatable bonds is 4. The van der Waals surface area contributed by atoms with Gasteiger partial charge < -0.3 is 5.43 Å². The number of hydrazine groups is 1. The molecular formula is C12H18N4O4S. The van der Waals surface area contributed by atoms with Crippen molar-refractivity contribution >= 4 is 21.4 Å². The summed E-state index contributed by atoms with van der Waals surface area (Å²) in [6.45, 7) is 2.31. The van der Waals surface area contributed by atoms with E-state index in [2.05, 4.69) is 5.43 Å². The van der Waals surface area contributed by atoms with E-state index in [1.165, 1.54) is 16.4 Å². The SMILES string of the molecule is CC1CCCCN1S(=O)(=O)c1ccc([N+](=O)[O-])cc1NN. The number of benzene rings is 1. The summed E-state index contributed by atoms with van der Waals surface area (Å²) in [6.07, 6.45) is 2.61. The Morgan fingerprint density at radius 1 is 1.43 bits per heavy atom. The van der Waals surface area contributed by atoms with Crippen LogP contribution in [0.2, 0.25) is 0 Å². The van der Waals surface area contributed by atoms with E-state index in [4.69, 9.17) is 5.84 Å². The molecule has 0 radical (unpaired) electrons. The van der Waals surface area contributed by atoms with E-state index in [0.717, 1.165) is 25.3 Å². The van der Waals surface area contributed by atoms with Gasteiger partial charge in [0.25, 0.3) is 5.69 Å². The van der Waals surface area contributed by atoms with Gasteiger partial charge in [0.1, 0.15) is 4.90 Å². The molecule has 0 amide bonds. The number of nitrogen functional groups attached to an aromatic ring is 1. The number of non-ortho nitro benzene ring substituents is 1. The first-order valence-corrected chi connectivity index (χ1v) is 8.09. The molecule has 1 aliphatic heterocycles. The van der Waals surface area contributed by atoms with E-state index in [-0.39, 0.29) is 22.3 Å². The molecule has 1 aromatic carbocycles. The summed E-state index contributed by atoms with van der Waals surface area (Å²) in [6, 6.07) is 3.43. The monoisotopic (exact) mass is 314 g/mol. The van der Waals surface area contributed by atoms with Gasteiger partial charge in [-0.25, -0.2) is 8.42 Å². The highest BCUT2D eigenvalue weighted by Crippen LogP contribution is 2.31. The molecule has 1 unspecified atom stereocenters. The molecule has 0 spiro atoms. The number of nitrogens with zero attached hydrogens (tertiary/aromatic N) is 2. The summed E-state index contributed by atoms with van der Waals surface area (Å²) in [4.78, 5) is 10.1. The van der Waals surface area contributed by atoms with Crippen molar-refractivity contribution in [3.63, 3.8) is 0 Å². The predicted molar refractivity (Wildman–Crippen MR) is 78.1 cm³/mol. The standard InChI is InChI=1S/C12H18N4O4S/c1-9-4-2-3-7-15(9)21(19,20)12-6-5-10(16(17)18)8-11(12)14-13/h5-6,8-9,14H,2-4,7,13H2,1H3. The van der Waals surface area contributed by atoms with Gasteiger partial charge in [-0.05, 0) is 25.8 Å². The highest BCUT2D eigenvalue weighted by atomic mass is 32.2. The van der Waals surface area contributed by atoms with E-state index in [9.17, 15) is 18.5 Å².